The molecule has 4 heterocycles. The monoisotopic (exact) mass is 552 g/mol. The predicted molar refractivity (Wildman–Crippen MR) is 148 cm³/mol. The maximum absolute atomic E-state index is 13.5. The van der Waals surface area contributed by atoms with Crippen LogP contribution in [0.25, 0.3) is 11.3 Å². The van der Waals surface area contributed by atoms with Gasteiger partial charge in [0.05, 0.1) is 59.8 Å². The first-order valence-corrected chi connectivity index (χ1v) is 13.6. The van der Waals surface area contributed by atoms with Gasteiger partial charge in [0.2, 0.25) is 0 Å². The smallest absolute Gasteiger partial charge is 0.255 e. The van der Waals surface area contributed by atoms with Crippen LogP contribution in [0.2, 0.25) is 5.02 Å². The number of carbonyl (C=O) groups excluding carboxylic acids is 1. The molecule has 2 aliphatic heterocycles. The molecule has 3 aliphatic rings. The number of halogens is 1. The molecule has 1 unspecified atom stereocenters. The van der Waals surface area contributed by atoms with E-state index >= 15 is 0 Å². The number of amides is 1. The fraction of sp³-hybridized carbons (Fsp3) is 0.448. The normalized spacial score (nSPS) is 21.0. The Kier molecular flexibility index (Phi) is 6.69. The summed E-state index contributed by atoms with van der Waals surface area (Å²) in [6.07, 6.45) is 6.99. The number of aromatic amines is 1. The Labute approximate surface area is 232 Å². The highest BCUT2D eigenvalue weighted by Gasteiger charge is 2.45. The van der Waals surface area contributed by atoms with Gasteiger partial charge in [-0.15, -0.1) is 0 Å². The summed E-state index contributed by atoms with van der Waals surface area (Å²) in [5.74, 6) is 0.966. The Morgan fingerprint density at radius 1 is 1.26 bits per heavy atom. The quantitative estimate of drug-likeness (QED) is 0.367. The van der Waals surface area contributed by atoms with Crippen molar-refractivity contribution in [2.45, 2.75) is 56.8 Å². The molecule has 1 aromatic carbocycles. The summed E-state index contributed by atoms with van der Waals surface area (Å²) in [6.45, 7) is 5.26. The molecule has 1 saturated heterocycles. The fourth-order valence-corrected chi connectivity index (χ4v) is 5.76. The molecule has 2 aromatic heterocycles. The number of aromatic nitrogens is 2. The largest absolute Gasteiger partial charge is 0.493 e. The van der Waals surface area contributed by atoms with Crippen molar-refractivity contribution in [1.82, 2.24) is 15.3 Å². The molecule has 2 fully saturated rings. The Morgan fingerprint density at radius 3 is 2.82 bits per heavy atom. The third-order valence-electron chi connectivity index (χ3n) is 7.75. The average molecular weight is 553 g/mol. The molecule has 206 valence electrons. The summed E-state index contributed by atoms with van der Waals surface area (Å²) in [6, 6.07) is 7.35. The van der Waals surface area contributed by atoms with Crippen molar-refractivity contribution in [2.24, 2.45) is 0 Å². The van der Waals surface area contributed by atoms with E-state index in [1.165, 1.54) is 0 Å². The SMILES string of the molecule is COc1c(Cl)cccc1Nc1c(-c2ccncc2OCC2COC(C)(C)CO2)[nH]c2c1C(=O)NC1(CCC1)C2. The molecule has 10 heteroatoms. The van der Waals surface area contributed by atoms with Crippen LogP contribution < -0.4 is 20.1 Å². The van der Waals surface area contributed by atoms with Gasteiger partial charge in [-0.2, -0.15) is 0 Å². The Morgan fingerprint density at radius 2 is 2.10 bits per heavy atom. The molecular formula is C29H33ClN4O5. The summed E-state index contributed by atoms with van der Waals surface area (Å²) < 4.78 is 23.7. The summed E-state index contributed by atoms with van der Waals surface area (Å²) >= 11 is 6.42. The number of H-pyrrole nitrogens is 1. The average Bonchev–Trinajstić information content (AvgIpc) is 3.25. The second-order valence-electron chi connectivity index (χ2n) is 11.1. The van der Waals surface area contributed by atoms with E-state index in [1.54, 1.807) is 25.6 Å². The minimum Gasteiger partial charge on any atom is -0.493 e. The molecule has 1 aliphatic carbocycles. The third-order valence-corrected chi connectivity index (χ3v) is 8.04. The molecule has 9 nitrogen and oxygen atoms in total. The van der Waals surface area contributed by atoms with Crippen LogP contribution in [0, 0.1) is 0 Å². The van der Waals surface area contributed by atoms with Crippen LogP contribution in [0.3, 0.4) is 0 Å². The second-order valence-corrected chi connectivity index (χ2v) is 11.5. The molecule has 1 amide bonds. The predicted octanol–water partition coefficient (Wildman–Crippen LogP) is 5.26. The van der Waals surface area contributed by atoms with Crippen LogP contribution in [0.1, 0.15) is 49.2 Å². The maximum atomic E-state index is 13.5. The molecule has 3 N–H and O–H groups in total. The zero-order valence-corrected chi connectivity index (χ0v) is 23.1. The van der Waals surface area contributed by atoms with Crippen molar-refractivity contribution in [1.29, 1.82) is 0 Å². The maximum Gasteiger partial charge on any atom is 0.255 e. The van der Waals surface area contributed by atoms with E-state index in [9.17, 15) is 4.79 Å². The lowest BCUT2D eigenvalue weighted by Crippen LogP contribution is -2.57. The number of hydrogen-bond acceptors (Lipinski definition) is 7. The summed E-state index contributed by atoms with van der Waals surface area (Å²) in [5, 5.41) is 7.20. The second kappa shape index (κ2) is 10.0. The minimum atomic E-state index is -0.306. The van der Waals surface area contributed by atoms with Gasteiger partial charge in [0, 0.05) is 29.4 Å². The number of pyridine rings is 1. The molecule has 6 rings (SSSR count). The highest BCUT2D eigenvalue weighted by atomic mass is 35.5. The first-order valence-electron chi connectivity index (χ1n) is 13.3. The van der Waals surface area contributed by atoms with Crippen molar-refractivity contribution >= 4 is 28.9 Å². The Bertz CT molecular complexity index is 1390. The first kappa shape index (κ1) is 26.0. The number of anilines is 2. The van der Waals surface area contributed by atoms with E-state index in [-0.39, 0.29) is 23.2 Å². The number of nitrogens with one attached hydrogen (secondary N) is 3. The highest BCUT2D eigenvalue weighted by Crippen LogP contribution is 2.46. The zero-order chi connectivity index (χ0) is 27.2. The molecule has 3 aromatic rings. The number of carbonyl (C=O) groups is 1. The van der Waals surface area contributed by atoms with E-state index in [2.05, 4.69) is 20.6 Å². The van der Waals surface area contributed by atoms with Crippen LogP contribution in [0.5, 0.6) is 11.5 Å². The number of benzene rings is 1. The van der Waals surface area contributed by atoms with Gasteiger partial charge in [-0.05, 0) is 51.3 Å². The molecule has 1 saturated carbocycles. The number of methoxy groups -OCH3 is 1. The highest BCUT2D eigenvalue weighted by molar-refractivity contribution is 6.32. The summed E-state index contributed by atoms with van der Waals surface area (Å²) in [5.41, 5.74) is 3.78. The molecule has 0 bridgehead atoms. The van der Waals surface area contributed by atoms with E-state index in [0.717, 1.165) is 42.6 Å². The van der Waals surface area contributed by atoms with Gasteiger partial charge in [0.1, 0.15) is 18.5 Å². The van der Waals surface area contributed by atoms with Crippen LogP contribution in [0.4, 0.5) is 11.4 Å². The van der Waals surface area contributed by atoms with Gasteiger partial charge in [-0.1, -0.05) is 17.7 Å². The van der Waals surface area contributed by atoms with Crippen molar-refractivity contribution in [2.75, 3.05) is 32.2 Å². The number of para-hydroxylation sites is 1. The number of nitrogens with zero attached hydrogens (tertiary/aromatic N) is 1. The molecule has 1 atom stereocenters. The van der Waals surface area contributed by atoms with Crippen molar-refractivity contribution in [3.05, 3.63) is 52.9 Å². The van der Waals surface area contributed by atoms with E-state index in [0.29, 0.717) is 53.3 Å². The van der Waals surface area contributed by atoms with Crippen molar-refractivity contribution in [3.63, 3.8) is 0 Å². The van der Waals surface area contributed by atoms with E-state index < -0.39 is 0 Å². The van der Waals surface area contributed by atoms with Gasteiger partial charge in [-0.25, -0.2) is 0 Å². The Balaban J connectivity index is 1.38. The van der Waals surface area contributed by atoms with Crippen molar-refractivity contribution < 1.29 is 23.7 Å². The first-order chi connectivity index (χ1) is 18.8. The number of hydrogen-bond donors (Lipinski definition) is 3. The lowest BCUT2D eigenvalue weighted by molar-refractivity contribution is -0.181. The fourth-order valence-electron chi connectivity index (χ4n) is 5.51. The van der Waals surface area contributed by atoms with Gasteiger partial charge < -0.3 is 34.6 Å². The van der Waals surface area contributed by atoms with Gasteiger partial charge in [0.25, 0.3) is 5.91 Å². The van der Waals surface area contributed by atoms with E-state index in [4.69, 9.17) is 30.5 Å². The van der Waals surface area contributed by atoms with Gasteiger partial charge >= 0.3 is 0 Å². The van der Waals surface area contributed by atoms with Crippen LogP contribution >= 0.6 is 11.6 Å². The van der Waals surface area contributed by atoms with E-state index in [1.807, 2.05) is 32.0 Å². The lowest BCUT2D eigenvalue weighted by atomic mass is 9.71. The molecule has 1 spiro atoms. The van der Waals surface area contributed by atoms with Gasteiger partial charge in [0.15, 0.2) is 5.75 Å². The zero-order valence-electron chi connectivity index (χ0n) is 22.4. The number of ether oxygens (including phenoxy) is 4. The lowest BCUT2D eigenvalue weighted by Gasteiger charge is -2.45. The van der Waals surface area contributed by atoms with Crippen LogP contribution in [-0.4, -0.2) is 60.0 Å². The third kappa shape index (κ3) is 4.95. The number of fused-ring (bicyclic) bond motifs is 1. The summed E-state index contributed by atoms with van der Waals surface area (Å²) in [4.78, 5) is 21.4. The van der Waals surface area contributed by atoms with Gasteiger partial charge in [-0.3, -0.25) is 9.78 Å². The molecule has 0 radical (unpaired) electrons. The molecular weight excluding hydrogens is 520 g/mol. The topological polar surface area (TPSA) is 107 Å². The summed E-state index contributed by atoms with van der Waals surface area (Å²) in [7, 11) is 1.57. The molecule has 39 heavy (non-hydrogen) atoms. The number of rotatable bonds is 7. The Hall–Kier alpha value is -3.27. The van der Waals surface area contributed by atoms with Crippen LogP contribution in [0.15, 0.2) is 36.7 Å². The van der Waals surface area contributed by atoms with Crippen molar-refractivity contribution in [3.8, 4) is 22.8 Å². The van der Waals surface area contributed by atoms with Crippen LogP contribution in [-0.2, 0) is 15.9 Å². The standard InChI is InChI=1S/C29H33ClN4O5/c1-28(2)16-38-17(15-39-28)14-37-22-13-31-11-8-18(22)24-25(32-20-7-4-6-19(30)26(20)36-3)23-21(33-24)12-29(9-5-10-29)34-27(23)35/h4,6-8,11,13,17,32-33H,5,9-10,12,14-16H2,1-3H3,(H,34,35). The minimum absolute atomic E-state index is 0.103.